The van der Waals surface area contributed by atoms with Crippen molar-refractivity contribution in [2.24, 2.45) is 0 Å². The van der Waals surface area contributed by atoms with Gasteiger partial charge in [-0.3, -0.25) is 0 Å². The van der Waals surface area contributed by atoms with Crippen LogP contribution >= 0.6 is 11.6 Å². The molecule has 1 heterocycles. The predicted molar refractivity (Wildman–Crippen MR) is 65.2 cm³/mol. The fourth-order valence-electron chi connectivity index (χ4n) is 1.33. The van der Waals surface area contributed by atoms with Crippen LogP contribution < -0.4 is 11.1 Å². The van der Waals surface area contributed by atoms with Crippen LogP contribution in [0, 0.1) is 5.82 Å². The van der Waals surface area contributed by atoms with E-state index in [4.69, 9.17) is 17.3 Å². The third kappa shape index (κ3) is 2.82. The van der Waals surface area contributed by atoms with E-state index in [0.717, 1.165) is 5.69 Å². The van der Waals surface area contributed by atoms with Crippen LogP contribution in [0.15, 0.2) is 30.5 Å². The van der Waals surface area contributed by atoms with Crippen molar-refractivity contribution in [3.8, 4) is 0 Å². The van der Waals surface area contributed by atoms with Gasteiger partial charge in [0.2, 0.25) is 0 Å². The number of nitrogen functional groups attached to an aromatic ring is 1. The fourth-order valence-corrected chi connectivity index (χ4v) is 1.50. The first-order valence-electron chi connectivity index (χ1n) is 4.92. The van der Waals surface area contributed by atoms with Crippen molar-refractivity contribution in [1.82, 2.24) is 10.2 Å². The molecule has 0 fully saturated rings. The average Bonchev–Trinajstić information content (AvgIpc) is 2.33. The number of hydrogen-bond donors (Lipinski definition) is 2. The van der Waals surface area contributed by atoms with Crippen LogP contribution in [-0.4, -0.2) is 10.2 Å². The third-order valence-corrected chi connectivity index (χ3v) is 2.47. The monoisotopic (exact) mass is 252 g/mol. The first-order valence-corrected chi connectivity index (χ1v) is 5.29. The highest BCUT2D eigenvalue weighted by molar-refractivity contribution is 6.31. The second-order valence-electron chi connectivity index (χ2n) is 3.42. The van der Waals surface area contributed by atoms with Gasteiger partial charge in [0.25, 0.3) is 0 Å². The Balaban J connectivity index is 2.12. The zero-order valence-electron chi connectivity index (χ0n) is 8.82. The van der Waals surface area contributed by atoms with Crippen LogP contribution in [-0.2, 0) is 6.54 Å². The highest BCUT2D eigenvalue weighted by Gasteiger charge is 2.06. The fraction of sp³-hybridized carbons (Fsp3) is 0.0909. The minimum atomic E-state index is -0.512. The van der Waals surface area contributed by atoms with E-state index in [1.54, 1.807) is 12.3 Å². The molecule has 0 amide bonds. The molecule has 88 valence electrons. The van der Waals surface area contributed by atoms with Crippen LogP contribution in [0.25, 0.3) is 0 Å². The molecule has 0 radical (unpaired) electrons. The van der Waals surface area contributed by atoms with Gasteiger partial charge in [0, 0.05) is 12.3 Å². The molecule has 1 aromatic carbocycles. The molecule has 0 atom stereocenters. The normalized spacial score (nSPS) is 10.2. The molecule has 4 nitrogen and oxygen atoms in total. The molecule has 2 aromatic rings. The summed E-state index contributed by atoms with van der Waals surface area (Å²) in [5.41, 5.74) is 7.32. The van der Waals surface area contributed by atoms with E-state index in [9.17, 15) is 4.39 Å². The molecular formula is C11H10ClFN4. The highest BCUT2D eigenvalue weighted by atomic mass is 35.5. The number of nitrogens with two attached hydrogens (primary N) is 1. The van der Waals surface area contributed by atoms with E-state index in [1.165, 1.54) is 12.1 Å². The number of rotatable bonds is 3. The van der Waals surface area contributed by atoms with Crippen molar-refractivity contribution in [1.29, 1.82) is 0 Å². The summed E-state index contributed by atoms with van der Waals surface area (Å²) in [6, 6.07) is 6.21. The number of benzene rings is 1. The Morgan fingerprint density at radius 1 is 1.41 bits per heavy atom. The number of halogens is 2. The van der Waals surface area contributed by atoms with Gasteiger partial charge in [0.15, 0.2) is 0 Å². The first-order chi connectivity index (χ1) is 8.16. The number of nitrogens with one attached hydrogen (secondary N) is 1. The van der Waals surface area contributed by atoms with Gasteiger partial charge < -0.3 is 11.1 Å². The van der Waals surface area contributed by atoms with Gasteiger partial charge in [-0.1, -0.05) is 11.6 Å². The summed E-state index contributed by atoms with van der Waals surface area (Å²) in [5, 5.41) is 10.6. The first kappa shape index (κ1) is 11.6. The summed E-state index contributed by atoms with van der Waals surface area (Å²) in [5.74, 6) is -0.512. The van der Waals surface area contributed by atoms with Gasteiger partial charge in [0.05, 0.1) is 28.6 Å². The van der Waals surface area contributed by atoms with Crippen molar-refractivity contribution in [2.45, 2.75) is 6.54 Å². The summed E-state index contributed by atoms with van der Waals surface area (Å²) in [7, 11) is 0. The van der Waals surface area contributed by atoms with E-state index in [2.05, 4.69) is 15.5 Å². The molecule has 0 saturated heterocycles. The Morgan fingerprint density at radius 3 is 2.94 bits per heavy atom. The summed E-state index contributed by atoms with van der Waals surface area (Å²) in [6.07, 6.45) is 1.58. The molecule has 1 aromatic heterocycles. The number of aromatic nitrogens is 2. The largest absolute Gasteiger partial charge is 0.397 e. The molecule has 2 rings (SSSR count). The Kier molecular flexibility index (Phi) is 3.39. The zero-order chi connectivity index (χ0) is 12.3. The van der Waals surface area contributed by atoms with E-state index in [1.807, 2.05) is 6.07 Å². The Morgan fingerprint density at radius 2 is 2.24 bits per heavy atom. The van der Waals surface area contributed by atoms with E-state index < -0.39 is 5.82 Å². The molecule has 0 saturated carbocycles. The summed E-state index contributed by atoms with van der Waals surface area (Å²) >= 11 is 5.60. The second-order valence-corrected chi connectivity index (χ2v) is 3.83. The lowest BCUT2D eigenvalue weighted by molar-refractivity contribution is 0.629. The summed E-state index contributed by atoms with van der Waals surface area (Å²) in [4.78, 5) is 0. The average molecular weight is 253 g/mol. The van der Waals surface area contributed by atoms with Crippen molar-refractivity contribution in [3.63, 3.8) is 0 Å². The molecule has 0 aliphatic rings. The number of nitrogens with zero attached hydrogens (tertiary/aromatic N) is 2. The molecule has 0 aliphatic carbocycles. The quantitative estimate of drug-likeness (QED) is 0.824. The van der Waals surface area contributed by atoms with Gasteiger partial charge in [-0.25, -0.2) is 4.39 Å². The lowest BCUT2D eigenvalue weighted by Gasteiger charge is -2.09. The SMILES string of the molecule is Nc1cc(Cl)c(F)cc1NCc1cccnn1. The molecular weight excluding hydrogens is 243 g/mol. The number of hydrogen-bond acceptors (Lipinski definition) is 4. The second kappa shape index (κ2) is 4.97. The molecule has 0 spiro atoms. The Bertz CT molecular complexity index is 518. The topological polar surface area (TPSA) is 63.8 Å². The Hall–Kier alpha value is -1.88. The minimum Gasteiger partial charge on any atom is -0.397 e. The van der Waals surface area contributed by atoms with E-state index >= 15 is 0 Å². The maximum absolute atomic E-state index is 13.2. The van der Waals surface area contributed by atoms with Gasteiger partial charge in [0.1, 0.15) is 5.82 Å². The molecule has 17 heavy (non-hydrogen) atoms. The molecule has 6 heteroatoms. The summed E-state index contributed by atoms with van der Waals surface area (Å²) < 4.78 is 13.2. The maximum Gasteiger partial charge on any atom is 0.143 e. The maximum atomic E-state index is 13.2. The van der Waals surface area contributed by atoms with Crippen LogP contribution in [0.3, 0.4) is 0 Å². The predicted octanol–water partition coefficient (Wildman–Crippen LogP) is 2.46. The van der Waals surface area contributed by atoms with Gasteiger partial charge >= 0.3 is 0 Å². The van der Waals surface area contributed by atoms with Crippen LogP contribution in [0.4, 0.5) is 15.8 Å². The standard InChI is InChI=1S/C11H10ClFN4/c12-8-4-10(14)11(5-9(8)13)15-6-7-2-1-3-16-17-7/h1-5,15H,6,14H2. The minimum absolute atomic E-state index is 0.00699. The third-order valence-electron chi connectivity index (χ3n) is 2.18. The van der Waals surface area contributed by atoms with E-state index in [0.29, 0.717) is 17.9 Å². The van der Waals surface area contributed by atoms with Crippen molar-refractivity contribution in [3.05, 3.63) is 47.0 Å². The highest BCUT2D eigenvalue weighted by Crippen LogP contribution is 2.26. The van der Waals surface area contributed by atoms with Crippen molar-refractivity contribution >= 4 is 23.0 Å². The molecule has 0 aliphatic heterocycles. The van der Waals surface area contributed by atoms with Crippen LogP contribution in [0.2, 0.25) is 5.02 Å². The van der Waals surface area contributed by atoms with Crippen LogP contribution in [0.1, 0.15) is 5.69 Å². The lowest BCUT2D eigenvalue weighted by Crippen LogP contribution is -2.05. The summed E-state index contributed by atoms with van der Waals surface area (Å²) in [6.45, 7) is 0.416. The van der Waals surface area contributed by atoms with Crippen molar-refractivity contribution < 1.29 is 4.39 Å². The zero-order valence-corrected chi connectivity index (χ0v) is 9.58. The van der Waals surface area contributed by atoms with Crippen LogP contribution in [0.5, 0.6) is 0 Å². The number of anilines is 2. The molecule has 3 N–H and O–H groups in total. The smallest absolute Gasteiger partial charge is 0.143 e. The van der Waals surface area contributed by atoms with E-state index in [-0.39, 0.29) is 5.02 Å². The Labute approximate surface area is 103 Å². The molecule has 0 unspecified atom stereocenters. The van der Waals surface area contributed by atoms with Gasteiger partial charge in [-0.2, -0.15) is 10.2 Å². The van der Waals surface area contributed by atoms with Gasteiger partial charge in [-0.15, -0.1) is 0 Å². The van der Waals surface area contributed by atoms with Crippen molar-refractivity contribution in [2.75, 3.05) is 11.1 Å². The molecule has 0 bridgehead atoms. The lowest BCUT2D eigenvalue weighted by atomic mass is 10.2. The van der Waals surface area contributed by atoms with Gasteiger partial charge in [-0.05, 0) is 18.2 Å².